The van der Waals surface area contributed by atoms with Crippen molar-refractivity contribution in [1.29, 1.82) is 0 Å². The first-order valence-electron chi connectivity index (χ1n) is 11.4. The van der Waals surface area contributed by atoms with Crippen molar-refractivity contribution in [3.8, 4) is 0 Å². The highest BCUT2D eigenvalue weighted by molar-refractivity contribution is 6.66. The van der Waals surface area contributed by atoms with Crippen molar-refractivity contribution in [2.45, 2.75) is 38.9 Å². The minimum atomic E-state index is -0.519. The lowest BCUT2D eigenvalue weighted by Gasteiger charge is -2.32. The van der Waals surface area contributed by atoms with E-state index in [9.17, 15) is 0 Å². The summed E-state index contributed by atoms with van der Waals surface area (Å²) in [6.45, 7) is 8.32. The third-order valence-corrected chi connectivity index (χ3v) is 7.52. The third-order valence-electron chi connectivity index (χ3n) is 7.52. The zero-order valence-electron chi connectivity index (χ0n) is 19.1. The van der Waals surface area contributed by atoms with Gasteiger partial charge in [0.2, 0.25) is 0 Å². The van der Waals surface area contributed by atoms with Crippen molar-refractivity contribution in [2.75, 3.05) is 0 Å². The summed E-state index contributed by atoms with van der Waals surface area (Å²) in [5, 5.41) is 6.29. The number of para-hydroxylation sites is 2. The molecule has 0 unspecified atom stereocenters. The highest BCUT2D eigenvalue weighted by Gasteiger charge is 2.52. The lowest BCUT2D eigenvalue weighted by Crippen LogP contribution is -2.41. The van der Waals surface area contributed by atoms with Crippen LogP contribution in [0.3, 0.4) is 0 Å². The number of benzene rings is 4. The van der Waals surface area contributed by atoms with Gasteiger partial charge in [0.15, 0.2) is 0 Å². The number of hydrogen-bond donors (Lipinski definition) is 0. The second-order valence-corrected chi connectivity index (χ2v) is 9.99. The highest BCUT2D eigenvalue weighted by atomic mass is 16.7. The molecule has 0 saturated carbocycles. The molecule has 3 heterocycles. The van der Waals surface area contributed by atoms with Crippen LogP contribution in [0.25, 0.3) is 54.6 Å². The van der Waals surface area contributed by atoms with E-state index in [4.69, 9.17) is 18.1 Å². The molecule has 162 valence electrons. The van der Waals surface area contributed by atoms with E-state index in [1.807, 2.05) is 36.4 Å². The van der Waals surface area contributed by atoms with Crippen molar-refractivity contribution < 1.29 is 18.1 Å². The van der Waals surface area contributed by atoms with Gasteiger partial charge in [-0.05, 0) is 63.5 Å². The maximum Gasteiger partial charge on any atom is 0.495 e. The van der Waals surface area contributed by atoms with Gasteiger partial charge < -0.3 is 18.1 Å². The van der Waals surface area contributed by atoms with Crippen LogP contribution in [0.4, 0.5) is 0 Å². The number of rotatable bonds is 1. The summed E-state index contributed by atoms with van der Waals surface area (Å²) in [4.78, 5) is 0. The van der Waals surface area contributed by atoms with Gasteiger partial charge in [-0.15, -0.1) is 0 Å². The molecule has 1 aliphatic heterocycles. The zero-order valence-corrected chi connectivity index (χ0v) is 19.1. The lowest BCUT2D eigenvalue weighted by molar-refractivity contribution is 0.00578. The molecule has 0 amide bonds. The monoisotopic (exact) mass is 434 g/mol. The van der Waals surface area contributed by atoms with Crippen molar-refractivity contribution in [3.05, 3.63) is 66.7 Å². The van der Waals surface area contributed by atoms with Crippen LogP contribution in [-0.4, -0.2) is 18.3 Å². The minimum absolute atomic E-state index is 0.445. The first-order valence-corrected chi connectivity index (χ1v) is 11.4. The smallest absolute Gasteiger partial charge is 0.455 e. The van der Waals surface area contributed by atoms with Gasteiger partial charge in [-0.1, -0.05) is 36.4 Å². The molecule has 5 heteroatoms. The number of hydrogen-bond acceptors (Lipinski definition) is 4. The van der Waals surface area contributed by atoms with Crippen molar-refractivity contribution in [2.24, 2.45) is 0 Å². The molecule has 7 rings (SSSR count). The molecule has 0 spiro atoms. The summed E-state index contributed by atoms with van der Waals surface area (Å²) < 4.78 is 25.9. The predicted molar refractivity (Wildman–Crippen MR) is 134 cm³/mol. The van der Waals surface area contributed by atoms with Crippen LogP contribution in [-0.2, 0) is 9.31 Å². The van der Waals surface area contributed by atoms with Crippen LogP contribution in [0.2, 0.25) is 0 Å². The van der Waals surface area contributed by atoms with E-state index in [0.29, 0.717) is 0 Å². The second kappa shape index (κ2) is 6.19. The van der Waals surface area contributed by atoms with Crippen LogP contribution in [0.15, 0.2) is 75.6 Å². The third kappa shape index (κ3) is 2.49. The maximum absolute atomic E-state index is 6.52. The van der Waals surface area contributed by atoms with Crippen molar-refractivity contribution in [1.82, 2.24) is 0 Å². The van der Waals surface area contributed by atoms with Crippen molar-refractivity contribution in [3.63, 3.8) is 0 Å². The molecule has 0 atom stereocenters. The van der Waals surface area contributed by atoms with E-state index in [2.05, 4.69) is 58.0 Å². The van der Waals surface area contributed by atoms with Gasteiger partial charge in [-0.25, -0.2) is 0 Å². The highest BCUT2D eigenvalue weighted by Crippen LogP contribution is 2.42. The Morgan fingerprint density at radius 1 is 0.576 bits per heavy atom. The minimum Gasteiger partial charge on any atom is -0.455 e. The second-order valence-electron chi connectivity index (χ2n) is 9.99. The molecule has 0 aliphatic carbocycles. The SMILES string of the molecule is CC1(C)OB(c2cc3c4ccccc4oc3c3ccc4c5ccccc5oc4c23)OC1(C)C. The van der Waals surface area contributed by atoms with Crippen LogP contribution < -0.4 is 5.46 Å². The molecule has 0 radical (unpaired) electrons. The predicted octanol–water partition coefficient (Wildman–Crippen LogP) is 6.94. The van der Waals surface area contributed by atoms with Crippen LogP contribution in [0.5, 0.6) is 0 Å². The maximum atomic E-state index is 6.52. The standard InChI is InChI=1S/C28H23BO4/c1-27(2)28(3,4)33-29(32-27)21-15-20-17-10-6-8-12-23(17)30-25(20)19-14-13-18-16-9-5-7-11-22(16)31-26(18)24(19)21/h5-15H,1-4H3. The lowest BCUT2D eigenvalue weighted by atomic mass is 9.75. The topological polar surface area (TPSA) is 44.7 Å². The van der Waals surface area contributed by atoms with Gasteiger partial charge >= 0.3 is 7.12 Å². The Bertz CT molecular complexity index is 1720. The average molecular weight is 434 g/mol. The molecule has 1 saturated heterocycles. The summed E-state index contributed by atoms with van der Waals surface area (Å²) in [5.41, 5.74) is 3.49. The summed E-state index contributed by atoms with van der Waals surface area (Å²) in [7, 11) is -0.519. The molecule has 2 aromatic heterocycles. The summed E-state index contributed by atoms with van der Waals surface area (Å²) in [5.74, 6) is 0. The average Bonchev–Trinajstić information content (AvgIpc) is 3.42. The Morgan fingerprint density at radius 2 is 1.12 bits per heavy atom. The molecule has 1 aliphatic rings. The summed E-state index contributed by atoms with van der Waals surface area (Å²) in [6.07, 6.45) is 0. The molecule has 4 aromatic carbocycles. The number of fused-ring (bicyclic) bond motifs is 9. The molecular formula is C28H23BO4. The molecule has 4 nitrogen and oxygen atoms in total. The van der Waals surface area contributed by atoms with Gasteiger partial charge in [0.1, 0.15) is 22.3 Å². The van der Waals surface area contributed by atoms with Crippen LogP contribution in [0, 0.1) is 0 Å². The fourth-order valence-electron chi connectivity index (χ4n) is 5.06. The van der Waals surface area contributed by atoms with E-state index in [1.165, 1.54) is 0 Å². The first-order chi connectivity index (χ1) is 15.8. The molecule has 6 aromatic rings. The van der Waals surface area contributed by atoms with E-state index < -0.39 is 18.3 Å². The Balaban J connectivity index is 1.66. The summed E-state index contributed by atoms with van der Waals surface area (Å²) in [6, 6.07) is 22.7. The fourth-order valence-corrected chi connectivity index (χ4v) is 5.06. The largest absolute Gasteiger partial charge is 0.495 e. The van der Waals surface area contributed by atoms with Gasteiger partial charge in [0.25, 0.3) is 0 Å². The van der Waals surface area contributed by atoms with Gasteiger partial charge in [-0.2, -0.15) is 0 Å². The molecule has 0 N–H and O–H groups in total. The Hall–Kier alpha value is -3.28. The van der Waals surface area contributed by atoms with Crippen LogP contribution >= 0.6 is 0 Å². The van der Waals surface area contributed by atoms with E-state index in [1.54, 1.807) is 0 Å². The van der Waals surface area contributed by atoms with E-state index >= 15 is 0 Å². The molecule has 33 heavy (non-hydrogen) atoms. The van der Waals surface area contributed by atoms with Gasteiger partial charge in [0, 0.05) is 32.3 Å². The fraction of sp³-hybridized carbons (Fsp3) is 0.214. The number of furan rings is 2. The Morgan fingerprint density at radius 3 is 1.79 bits per heavy atom. The van der Waals surface area contributed by atoms with Crippen molar-refractivity contribution >= 4 is 67.2 Å². The van der Waals surface area contributed by atoms with E-state index in [-0.39, 0.29) is 0 Å². The molecule has 1 fully saturated rings. The Labute approximate surface area is 191 Å². The summed E-state index contributed by atoms with van der Waals surface area (Å²) >= 11 is 0. The van der Waals surface area contributed by atoms with Crippen LogP contribution in [0.1, 0.15) is 27.7 Å². The molecular weight excluding hydrogens is 411 g/mol. The quantitative estimate of drug-likeness (QED) is 0.263. The first kappa shape index (κ1) is 19.2. The molecule has 0 bridgehead atoms. The normalized spacial score (nSPS) is 17.9. The van der Waals surface area contributed by atoms with E-state index in [0.717, 1.165) is 60.1 Å². The van der Waals surface area contributed by atoms with Gasteiger partial charge in [0.05, 0.1) is 11.2 Å². The zero-order chi connectivity index (χ0) is 22.5. The Kier molecular flexibility index (Phi) is 3.60. The van der Waals surface area contributed by atoms with Gasteiger partial charge in [-0.3, -0.25) is 0 Å².